The van der Waals surface area contributed by atoms with Gasteiger partial charge in [-0.1, -0.05) is 72.8 Å². The van der Waals surface area contributed by atoms with Crippen LogP contribution in [0.5, 0.6) is 17.2 Å². The van der Waals surface area contributed by atoms with Crippen molar-refractivity contribution in [1.82, 2.24) is 5.32 Å². The van der Waals surface area contributed by atoms with Crippen LogP contribution in [0.2, 0.25) is 0 Å². The van der Waals surface area contributed by atoms with Crippen molar-refractivity contribution >= 4 is 18.6 Å². The van der Waals surface area contributed by atoms with Gasteiger partial charge in [0.1, 0.15) is 23.7 Å². The van der Waals surface area contributed by atoms with E-state index in [0.29, 0.717) is 41.7 Å². The monoisotopic (exact) mass is 615 g/mol. The SMILES string of the molecule is CCOP(=O)(OCC)C(NCc1ccccc1)c1oc2cc(OC)c(OCc3ccccc3)cc2c1-c1ccc(OC)cc1. The second-order valence-corrected chi connectivity index (χ2v) is 12.1. The Morgan fingerprint density at radius 2 is 1.41 bits per heavy atom. The van der Waals surface area contributed by atoms with E-state index in [9.17, 15) is 4.57 Å². The van der Waals surface area contributed by atoms with Gasteiger partial charge in [-0.05, 0) is 48.7 Å². The minimum absolute atomic E-state index is 0.199. The molecule has 0 saturated carbocycles. The van der Waals surface area contributed by atoms with E-state index in [0.717, 1.165) is 27.6 Å². The van der Waals surface area contributed by atoms with Crippen molar-refractivity contribution in [2.24, 2.45) is 0 Å². The third-order valence-electron chi connectivity index (χ3n) is 7.14. The lowest BCUT2D eigenvalue weighted by atomic mass is 10.0. The van der Waals surface area contributed by atoms with Gasteiger partial charge in [-0.25, -0.2) is 0 Å². The molecule has 0 bridgehead atoms. The number of methoxy groups -OCH3 is 2. The largest absolute Gasteiger partial charge is 0.497 e. The van der Waals surface area contributed by atoms with E-state index in [1.165, 1.54) is 0 Å². The zero-order valence-electron chi connectivity index (χ0n) is 25.4. The number of fused-ring (bicyclic) bond motifs is 1. The van der Waals surface area contributed by atoms with Gasteiger partial charge in [0, 0.05) is 23.6 Å². The van der Waals surface area contributed by atoms with Crippen molar-refractivity contribution < 1.29 is 32.2 Å². The predicted molar refractivity (Wildman–Crippen MR) is 172 cm³/mol. The van der Waals surface area contributed by atoms with Gasteiger partial charge in [0.05, 0.1) is 27.4 Å². The molecule has 5 rings (SSSR count). The van der Waals surface area contributed by atoms with Gasteiger partial charge in [0.15, 0.2) is 17.3 Å². The summed E-state index contributed by atoms with van der Waals surface area (Å²) in [6.45, 7) is 4.75. The maximum absolute atomic E-state index is 14.5. The first kappa shape index (κ1) is 31.4. The van der Waals surface area contributed by atoms with Gasteiger partial charge in [-0.2, -0.15) is 0 Å². The Kier molecular flexibility index (Phi) is 10.4. The second-order valence-electron chi connectivity index (χ2n) is 9.99. The minimum atomic E-state index is -3.78. The molecule has 0 aliphatic rings. The van der Waals surface area contributed by atoms with Gasteiger partial charge < -0.3 is 27.7 Å². The Balaban J connectivity index is 1.69. The van der Waals surface area contributed by atoms with E-state index in [4.69, 9.17) is 27.7 Å². The maximum Gasteiger partial charge on any atom is 0.355 e. The molecule has 44 heavy (non-hydrogen) atoms. The van der Waals surface area contributed by atoms with Crippen molar-refractivity contribution in [3.8, 4) is 28.4 Å². The molecule has 4 aromatic carbocycles. The average molecular weight is 616 g/mol. The molecule has 9 heteroatoms. The quantitative estimate of drug-likeness (QED) is 0.117. The fourth-order valence-electron chi connectivity index (χ4n) is 5.08. The van der Waals surface area contributed by atoms with Crippen LogP contribution in [0.3, 0.4) is 0 Å². The lowest BCUT2D eigenvalue weighted by molar-refractivity contribution is 0.204. The highest BCUT2D eigenvalue weighted by atomic mass is 31.2. The van der Waals surface area contributed by atoms with Crippen LogP contribution in [0.1, 0.15) is 36.5 Å². The summed E-state index contributed by atoms with van der Waals surface area (Å²) in [5.74, 6) is 1.28. The average Bonchev–Trinajstić information content (AvgIpc) is 3.42. The van der Waals surface area contributed by atoms with Crippen LogP contribution in [-0.2, 0) is 26.8 Å². The van der Waals surface area contributed by atoms with Crippen molar-refractivity contribution in [2.75, 3.05) is 27.4 Å². The van der Waals surface area contributed by atoms with E-state index >= 15 is 0 Å². The molecule has 0 aliphatic heterocycles. The normalized spacial score (nSPS) is 12.3. The highest BCUT2D eigenvalue weighted by Crippen LogP contribution is 2.62. The summed E-state index contributed by atoms with van der Waals surface area (Å²) < 4.78 is 50.3. The van der Waals surface area contributed by atoms with Gasteiger partial charge in [0.25, 0.3) is 0 Å². The zero-order chi connectivity index (χ0) is 30.9. The van der Waals surface area contributed by atoms with Gasteiger partial charge >= 0.3 is 7.60 Å². The van der Waals surface area contributed by atoms with Crippen LogP contribution in [0.25, 0.3) is 22.1 Å². The summed E-state index contributed by atoms with van der Waals surface area (Å²) in [4.78, 5) is 0. The third kappa shape index (κ3) is 7.01. The number of nitrogens with one attached hydrogen (secondary N) is 1. The van der Waals surface area contributed by atoms with E-state index in [1.807, 2.05) is 91.0 Å². The molecule has 1 aromatic heterocycles. The molecule has 0 radical (unpaired) electrons. The number of furan rings is 1. The lowest BCUT2D eigenvalue weighted by Crippen LogP contribution is -2.23. The Hall–Kier alpha value is -4.07. The fourth-order valence-corrected chi connectivity index (χ4v) is 6.96. The van der Waals surface area contributed by atoms with Crippen molar-refractivity contribution in [3.05, 3.63) is 114 Å². The van der Waals surface area contributed by atoms with Crippen LogP contribution < -0.4 is 19.5 Å². The van der Waals surface area contributed by atoms with E-state index in [1.54, 1.807) is 34.1 Å². The predicted octanol–water partition coefficient (Wildman–Crippen LogP) is 8.75. The van der Waals surface area contributed by atoms with Crippen molar-refractivity contribution in [1.29, 1.82) is 0 Å². The van der Waals surface area contributed by atoms with Gasteiger partial charge in [-0.3, -0.25) is 9.88 Å². The highest BCUT2D eigenvalue weighted by Gasteiger charge is 2.41. The molecule has 5 aromatic rings. The topological polar surface area (TPSA) is 88.4 Å². The number of rotatable bonds is 15. The molecule has 0 spiro atoms. The van der Waals surface area contributed by atoms with E-state index in [2.05, 4.69) is 5.32 Å². The van der Waals surface area contributed by atoms with Crippen LogP contribution in [0.4, 0.5) is 0 Å². The first-order valence-corrected chi connectivity index (χ1v) is 16.2. The standard InChI is InChI=1S/C35H38NO7P/c1-5-41-44(37,42-6-2)35(36-23-25-13-9-7-10-14-25)34-33(27-17-19-28(38-3)20-18-27)29-21-32(31(39-4)22-30(29)43-34)40-24-26-15-11-8-12-16-26/h7-22,35-36H,5-6,23-24H2,1-4H3. The van der Waals surface area contributed by atoms with Crippen molar-refractivity contribution in [3.63, 3.8) is 0 Å². The summed E-state index contributed by atoms with van der Waals surface area (Å²) in [5.41, 5.74) is 4.15. The Labute approximate surface area is 258 Å². The van der Waals surface area contributed by atoms with Crippen LogP contribution in [0, 0.1) is 0 Å². The van der Waals surface area contributed by atoms with E-state index < -0.39 is 13.4 Å². The molecule has 0 aliphatic carbocycles. The van der Waals surface area contributed by atoms with Crippen LogP contribution in [0.15, 0.2) is 101 Å². The number of hydrogen-bond donors (Lipinski definition) is 1. The third-order valence-corrected chi connectivity index (χ3v) is 9.43. The number of ether oxygens (including phenoxy) is 3. The van der Waals surface area contributed by atoms with Crippen molar-refractivity contribution in [2.45, 2.75) is 32.8 Å². The molecule has 1 N–H and O–H groups in total. The minimum Gasteiger partial charge on any atom is -0.497 e. The molecular weight excluding hydrogens is 577 g/mol. The number of benzene rings is 4. The van der Waals surface area contributed by atoms with Crippen LogP contribution >= 0.6 is 7.60 Å². The fraction of sp³-hybridized carbons (Fsp3) is 0.257. The highest BCUT2D eigenvalue weighted by molar-refractivity contribution is 7.54. The van der Waals surface area contributed by atoms with Gasteiger partial charge in [-0.15, -0.1) is 0 Å². The molecule has 0 saturated heterocycles. The second kappa shape index (κ2) is 14.6. The Morgan fingerprint density at radius 1 is 0.773 bits per heavy atom. The molecule has 1 atom stereocenters. The van der Waals surface area contributed by atoms with E-state index in [-0.39, 0.29) is 13.2 Å². The molecule has 0 fully saturated rings. The zero-order valence-corrected chi connectivity index (χ0v) is 26.3. The van der Waals surface area contributed by atoms with Crippen LogP contribution in [-0.4, -0.2) is 27.4 Å². The first-order valence-electron chi connectivity index (χ1n) is 14.6. The first-order chi connectivity index (χ1) is 21.5. The summed E-state index contributed by atoms with van der Waals surface area (Å²) in [7, 11) is -0.566. The summed E-state index contributed by atoms with van der Waals surface area (Å²) in [6.07, 6.45) is 0. The molecule has 230 valence electrons. The molecule has 8 nitrogen and oxygen atoms in total. The molecule has 1 heterocycles. The maximum atomic E-state index is 14.5. The molecule has 1 unspecified atom stereocenters. The Morgan fingerprint density at radius 3 is 2.00 bits per heavy atom. The number of hydrogen-bond acceptors (Lipinski definition) is 8. The molecular formula is C35H38NO7P. The van der Waals surface area contributed by atoms with Gasteiger partial charge in [0.2, 0.25) is 0 Å². The summed E-state index contributed by atoms with van der Waals surface area (Å²) in [5, 5.41) is 4.22. The Bertz CT molecular complexity index is 1680. The molecule has 0 amide bonds. The smallest absolute Gasteiger partial charge is 0.355 e. The summed E-state index contributed by atoms with van der Waals surface area (Å²) >= 11 is 0. The summed E-state index contributed by atoms with van der Waals surface area (Å²) in [6, 6.07) is 31.2. The lowest BCUT2D eigenvalue weighted by Gasteiger charge is -2.26.